The van der Waals surface area contributed by atoms with Crippen molar-refractivity contribution in [2.75, 3.05) is 7.05 Å². The number of carboxylic acids is 1. The monoisotopic (exact) mass is 348 g/mol. The van der Waals surface area contributed by atoms with Gasteiger partial charge in [-0.25, -0.2) is 4.79 Å². The van der Waals surface area contributed by atoms with Crippen molar-refractivity contribution in [3.8, 4) is 0 Å². The number of rotatable bonds is 5. The molecular weight excluding hydrogens is 324 g/mol. The Morgan fingerprint density at radius 2 is 2.04 bits per heavy atom. The second-order valence-electron chi connectivity index (χ2n) is 7.25. The van der Waals surface area contributed by atoms with Gasteiger partial charge in [0.25, 0.3) is 5.91 Å². The van der Waals surface area contributed by atoms with E-state index in [4.69, 9.17) is 9.84 Å². The zero-order chi connectivity index (χ0) is 18.8. The summed E-state index contributed by atoms with van der Waals surface area (Å²) in [6.07, 6.45) is -0.567. The van der Waals surface area contributed by atoms with Crippen LogP contribution in [0.15, 0.2) is 18.2 Å². The van der Waals surface area contributed by atoms with Crippen molar-refractivity contribution in [1.29, 1.82) is 0 Å². The molecule has 7 nitrogen and oxygen atoms in total. The Hall–Kier alpha value is -2.57. The van der Waals surface area contributed by atoms with Gasteiger partial charge in [0.1, 0.15) is 5.60 Å². The number of ether oxygens (including phenoxy) is 1. The summed E-state index contributed by atoms with van der Waals surface area (Å²) in [6, 6.07) is 4.77. The third-order valence-electron chi connectivity index (χ3n) is 3.85. The summed E-state index contributed by atoms with van der Waals surface area (Å²) in [5.74, 6) is -1.06. The van der Waals surface area contributed by atoms with Crippen LogP contribution in [0.25, 0.3) is 0 Å². The normalized spacial score (nSPS) is 14.9. The minimum absolute atomic E-state index is 0.0493. The van der Waals surface area contributed by atoms with Gasteiger partial charge in [0.15, 0.2) is 0 Å². The number of carboxylic acid groups (broad SMARTS) is 1. The standard InChI is InChI=1S/C18H24N2O5/c1-18(2,3)25-17(24)19-12(9-15(21)22)8-11-6-5-7-13-14(11)10-20(4)16(13)23/h5-7,12H,8-10H2,1-4H3,(H,19,24)(H,21,22)/t12-/m1/s1. The number of hydrogen-bond acceptors (Lipinski definition) is 4. The average molecular weight is 348 g/mol. The van der Waals surface area contributed by atoms with Gasteiger partial charge in [-0.3, -0.25) is 9.59 Å². The molecule has 0 fully saturated rings. The molecule has 0 aromatic heterocycles. The number of hydrogen-bond donors (Lipinski definition) is 2. The lowest BCUT2D eigenvalue weighted by atomic mass is 9.96. The van der Waals surface area contributed by atoms with Gasteiger partial charge < -0.3 is 20.1 Å². The zero-order valence-electron chi connectivity index (χ0n) is 15.0. The van der Waals surface area contributed by atoms with E-state index in [-0.39, 0.29) is 12.3 Å². The number of carbonyl (C=O) groups is 3. The van der Waals surface area contributed by atoms with E-state index in [1.54, 1.807) is 44.9 Å². The summed E-state index contributed by atoms with van der Waals surface area (Å²) in [5, 5.41) is 11.8. The molecule has 7 heteroatoms. The van der Waals surface area contributed by atoms with E-state index in [0.717, 1.165) is 11.1 Å². The van der Waals surface area contributed by atoms with Crippen LogP contribution in [0.3, 0.4) is 0 Å². The van der Waals surface area contributed by atoms with Crippen LogP contribution in [-0.4, -0.2) is 46.7 Å². The number of nitrogens with one attached hydrogen (secondary N) is 1. The average Bonchev–Trinajstić information content (AvgIpc) is 2.73. The first-order valence-corrected chi connectivity index (χ1v) is 8.14. The van der Waals surface area contributed by atoms with Gasteiger partial charge in [0.2, 0.25) is 0 Å². The molecule has 0 radical (unpaired) electrons. The van der Waals surface area contributed by atoms with E-state index in [0.29, 0.717) is 18.5 Å². The fourth-order valence-electron chi connectivity index (χ4n) is 2.85. The Balaban J connectivity index is 2.17. The van der Waals surface area contributed by atoms with E-state index in [1.807, 2.05) is 6.07 Å². The molecular formula is C18H24N2O5. The van der Waals surface area contributed by atoms with Crippen molar-refractivity contribution in [3.63, 3.8) is 0 Å². The van der Waals surface area contributed by atoms with Gasteiger partial charge in [-0.2, -0.15) is 0 Å². The summed E-state index contributed by atoms with van der Waals surface area (Å²) < 4.78 is 5.21. The molecule has 136 valence electrons. The van der Waals surface area contributed by atoms with Crippen LogP contribution in [0.4, 0.5) is 4.79 Å². The summed E-state index contributed by atoms with van der Waals surface area (Å²) in [5.41, 5.74) is 1.71. The number of carbonyl (C=O) groups excluding carboxylic acids is 2. The Labute approximate surface area is 147 Å². The molecule has 25 heavy (non-hydrogen) atoms. The number of amides is 2. The highest BCUT2D eigenvalue weighted by Crippen LogP contribution is 2.26. The van der Waals surface area contributed by atoms with Gasteiger partial charge >= 0.3 is 12.1 Å². The second-order valence-corrected chi connectivity index (χ2v) is 7.25. The first-order valence-electron chi connectivity index (χ1n) is 8.14. The molecule has 0 unspecified atom stereocenters. The third-order valence-corrected chi connectivity index (χ3v) is 3.85. The summed E-state index contributed by atoms with van der Waals surface area (Å²) >= 11 is 0. The molecule has 1 aromatic rings. The second kappa shape index (κ2) is 7.13. The number of nitrogens with zero attached hydrogens (tertiary/aromatic N) is 1. The van der Waals surface area contributed by atoms with E-state index in [9.17, 15) is 14.4 Å². The van der Waals surface area contributed by atoms with Crippen LogP contribution in [-0.2, 0) is 22.5 Å². The van der Waals surface area contributed by atoms with Crippen LogP contribution in [0.2, 0.25) is 0 Å². The molecule has 0 saturated heterocycles. The molecule has 2 rings (SSSR count). The van der Waals surface area contributed by atoms with Crippen molar-refractivity contribution in [2.24, 2.45) is 0 Å². The summed E-state index contributed by atoms with van der Waals surface area (Å²) in [7, 11) is 1.72. The van der Waals surface area contributed by atoms with Gasteiger partial charge in [0.05, 0.1) is 6.42 Å². The first kappa shape index (κ1) is 18.8. The van der Waals surface area contributed by atoms with Crippen molar-refractivity contribution in [3.05, 3.63) is 34.9 Å². The molecule has 0 aliphatic carbocycles. The van der Waals surface area contributed by atoms with Crippen LogP contribution in [0, 0.1) is 0 Å². The Bertz CT molecular complexity index is 693. The predicted octanol–water partition coefficient (Wildman–Crippen LogP) is 2.18. The smallest absolute Gasteiger partial charge is 0.407 e. The van der Waals surface area contributed by atoms with E-state index in [1.165, 1.54) is 0 Å². The molecule has 1 aromatic carbocycles. The number of aliphatic carboxylic acids is 1. The largest absolute Gasteiger partial charge is 0.481 e. The van der Waals surface area contributed by atoms with Crippen LogP contribution in [0.1, 0.15) is 48.7 Å². The van der Waals surface area contributed by atoms with Crippen LogP contribution < -0.4 is 5.32 Å². The molecule has 1 aliphatic rings. The molecule has 1 heterocycles. The molecule has 2 amide bonds. The predicted molar refractivity (Wildman–Crippen MR) is 91.4 cm³/mol. The Morgan fingerprint density at radius 1 is 1.36 bits per heavy atom. The zero-order valence-corrected chi connectivity index (χ0v) is 15.0. The van der Waals surface area contributed by atoms with Crippen molar-refractivity contribution in [2.45, 2.75) is 51.8 Å². The summed E-state index contributed by atoms with van der Waals surface area (Å²) in [4.78, 5) is 36.8. The van der Waals surface area contributed by atoms with Crippen LogP contribution in [0.5, 0.6) is 0 Å². The lowest BCUT2D eigenvalue weighted by Gasteiger charge is -2.23. The molecule has 1 aliphatic heterocycles. The Morgan fingerprint density at radius 3 is 2.64 bits per heavy atom. The quantitative estimate of drug-likeness (QED) is 0.850. The minimum atomic E-state index is -1.01. The maximum absolute atomic E-state index is 12.1. The third kappa shape index (κ3) is 4.95. The van der Waals surface area contributed by atoms with E-state index in [2.05, 4.69) is 5.32 Å². The van der Waals surface area contributed by atoms with Gasteiger partial charge in [-0.1, -0.05) is 12.1 Å². The van der Waals surface area contributed by atoms with Crippen LogP contribution >= 0.6 is 0 Å². The number of fused-ring (bicyclic) bond motifs is 1. The van der Waals surface area contributed by atoms with Crippen molar-refractivity contribution >= 4 is 18.0 Å². The molecule has 0 bridgehead atoms. The Kier molecular flexibility index (Phi) is 5.35. The van der Waals surface area contributed by atoms with Gasteiger partial charge in [0, 0.05) is 25.2 Å². The lowest BCUT2D eigenvalue weighted by Crippen LogP contribution is -2.41. The van der Waals surface area contributed by atoms with Gasteiger partial charge in [-0.05, 0) is 44.4 Å². The minimum Gasteiger partial charge on any atom is -0.481 e. The molecule has 0 spiro atoms. The van der Waals surface area contributed by atoms with E-state index >= 15 is 0 Å². The topological polar surface area (TPSA) is 95.9 Å². The number of alkyl carbamates (subject to hydrolysis) is 1. The molecule has 2 N–H and O–H groups in total. The fraction of sp³-hybridized carbons (Fsp3) is 0.500. The highest BCUT2D eigenvalue weighted by Gasteiger charge is 2.28. The maximum Gasteiger partial charge on any atom is 0.407 e. The summed E-state index contributed by atoms with van der Waals surface area (Å²) in [6.45, 7) is 5.70. The van der Waals surface area contributed by atoms with Gasteiger partial charge in [-0.15, -0.1) is 0 Å². The van der Waals surface area contributed by atoms with Crippen molar-refractivity contribution in [1.82, 2.24) is 10.2 Å². The highest BCUT2D eigenvalue weighted by atomic mass is 16.6. The molecule has 1 atom stereocenters. The lowest BCUT2D eigenvalue weighted by molar-refractivity contribution is -0.137. The number of benzene rings is 1. The highest BCUT2D eigenvalue weighted by molar-refractivity contribution is 5.98. The van der Waals surface area contributed by atoms with Crippen molar-refractivity contribution < 1.29 is 24.2 Å². The first-order chi connectivity index (χ1) is 11.6. The maximum atomic E-state index is 12.1. The van der Waals surface area contributed by atoms with E-state index < -0.39 is 23.7 Å². The molecule has 0 saturated carbocycles. The fourth-order valence-corrected chi connectivity index (χ4v) is 2.85. The SMILES string of the molecule is CN1Cc2c(C[C@H](CC(=O)O)NC(=O)OC(C)(C)C)cccc2C1=O.